The van der Waals surface area contributed by atoms with E-state index in [1.54, 1.807) is 22.4 Å². The highest BCUT2D eigenvalue weighted by Gasteiger charge is 2.44. The Labute approximate surface area is 154 Å². The molecule has 8 heteroatoms. The third-order valence-electron chi connectivity index (χ3n) is 5.32. The molecule has 0 amide bonds. The van der Waals surface area contributed by atoms with Crippen molar-refractivity contribution in [2.45, 2.75) is 31.7 Å². The second-order valence-electron chi connectivity index (χ2n) is 7.23. The molecule has 0 spiro atoms. The van der Waals surface area contributed by atoms with Crippen molar-refractivity contribution < 1.29 is 9.26 Å². The van der Waals surface area contributed by atoms with Crippen LogP contribution in [0.5, 0.6) is 0 Å². The number of para-hydroxylation sites is 2. The van der Waals surface area contributed by atoms with Crippen LogP contribution in [0.2, 0.25) is 0 Å². The van der Waals surface area contributed by atoms with Crippen LogP contribution >= 0.6 is 0 Å². The van der Waals surface area contributed by atoms with Gasteiger partial charge in [-0.25, -0.2) is 4.98 Å². The average molecular weight is 365 g/mol. The zero-order chi connectivity index (χ0) is 18.6. The Morgan fingerprint density at radius 3 is 2.78 bits per heavy atom. The fourth-order valence-electron chi connectivity index (χ4n) is 3.40. The maximum Gasteiger partial charge on any atom is 0.277 e. The second-order valence-corrected chi connectivity index (χ2v) is 7.23. The topological polar surface area (TPSA) is 87.5 Å². The molecular weight excluding hydrogens is 346 g/mol. The Morgan fingerprint density at radius 2 is 2.04 bits per heavy atom. The van der Waals surface area contributed by atoms with Crippen molar-refractivity contribution in [3.63, 3.8) is 0 Å². The SMILES string of the molecule is COCCn1c(=O)c2c(-c3noc(C4(C)CC4)n3)ncn2c2ccccc21. The molecule has 1 aliphatic carbocycles. The lowest BCUT2D eigenvalue weighted by atomic mass is 10.1. The largest absolute Gasteiger partial charge is 0.383 e. The lowest BCUT2D eigenvalue weighted by molar-refractivity contribution is 0.187. The molecule has 0 saturated heterocycles. The van der Waals surface area contributed by atoms with Crippen molar-refractivity contribution >= 4 is 16.6 Å². The Hall–Kier alpha value is -3.00. The van der Waals surface area contributed by atoms with Crippen molar-refractivity contribution in [3.05, 3.63) is 46.8 Å². The third-order valence-corrected chi connectivity index (χ3v) is 5.32. The lowest BCUT2D eigenvalue weighted by Crippen LogP contribution is -2.25. The number of methoxy groups -OCH3 is 1. The van der Waals surface area contributed by atoms with Crippen LogP contribution in [0.25, 0.3) is 28.1 Å². The first kappa shape index (κ1) is 16.2. The minimum absolute atomic E-state index is 0.0356. The Kier molecular flexibility index (Phi) is 3.45. The van der Waals surface area contributed by atoms with Crippen LogP contribution in [0, 0.1) is 0 Å². The van der Waals surface area contributed by atoms with Crippen LogP contribution in [-0.4, -0.2) is 37.8 Å². The number of fused-ring (bicyclic) bond motifs is 3. The normalized spacial score (nSPS) is 15.6. The highest BCUT2D eigenvalue weighted by molar-refractivity contribution is 5.83. The summed E-state index contributed by atoms with van der Waals surface area (Å²) in [5.74, 6) is 0.963. The maximum atomic E-state index is 13.3. The van der Waals surface area contributed by atoms with Gasteiger partial charge in [0.15, 0.2) is 0 Å². The molecule has 0 atom stereocenters. The number of benzene rings is 1. The number of aromatic nitrogens is 5. The van der Waals surface area contributed by atoms with E-state index >= 15 is 0 Å². The van der Waals surface area contributed by atoms with Gasteiger partial charge in [-0.15, -0.1) is 0 Å². The Balaban J connectivity index is 1.76. The summed E-state index contributed by atoms with van der Waals surface area (Å²) in [7, 11) is 1.62. The summed E-state index contributed by atoms with van der Waals surface area (Å²) >= 11 is 0. The summed E-state index contributed by atoms with van der Waals surface area (Å²) in [5, 5.41) is 4.09. The molecule has 5 rings (SSSR count). The maximum absolute atomic E-state index is 13.3. The minimum Gasteiger partial charge on any atom is -0.383 e. The first-order valence-electron chi connectivity index (χ1n) is 8.94. The lowest BCUT2D eigenvalue weighted by Gasteiger charge is -2.11. The molecule has 0 aliphatic heterocycles. The van der Waals surface area contributed by atoms with E-state index in [9.17, 15) is 4.79 Å². The Bertz CT molecular complexity index is 1220. The van der Waals surface area contributed by atoms with E-state index in [4.69, 9.17) is 9.26 Å². The molecule has 0 N–H and O–H groups in total. The molecule has 1 fully saturated rings. The van der Waals surface area contributed by atoms with Crippen molar-refractivity contribution in [1.29, 1.82) is 0 Å². The van der Waals surface area contributed by atoms with Gasteiger partial charge in [-0.1, -0.05) is 24.2 Å². The molecule has 27 heavy (non-hydrogen) atoms. The molecule has 3 heterocycles. The fourth-order valence-corrected chi connectivity index (χ4v) is 3.40. The number of hydrogen-bond acceptors (Lipinski definition) is 6. The van der Waals surface area contributed by atoms with Crippen LogP contribution in [0.1, 0.15) is 25.7 Å². The second kappa shape index (κ2) is 5.75. The van der Waals surface area contributed by atoms with Gasteiger partial charge in [-0.3, -0.25) is 9.20 Å². The number of nitrogens with zero attached hydrogens (tertiary/aromatic N) is 5. The molecule has 3 aromatic heterocycles. The first-order chi connectivity index (χ1) is 13.1. The zero-order valence-corrected chi connectivity index (χ0v) is 15.2. The van der Waals surface area contributed by atoms with Gasteiger partial charge >= 0.3 is 0 Å². The van der Waals surface area contributed by atoms with Gasteiger partial charge in [0.05, 0.1) is 17.6 Å². The van der Waals surface area contributed by atoms with Crippen LogP contribution in [0.4, 0.5) is 0 Å². The van der Waals surface area contributed by atoms with Gasteiger partial charge in [0.1, 0.15) is 17.5 Å². The molecule has 1 aromatic carbocycles. The molecule has 8 nitrogen and oxygen atoms in total. The summed E-state index contributed by atoms with van der Waals surface area (Å²) in [6.45, 7) is 2.99. The summed E-state index contributed by atoms with van der Waals surface area (Å²) in [4.78, 5) is 22.3. The van der Waals surface area contributed by atoms with E-state index in [2.05, 4.69) is 22.0 Å². The summed E-state index contributed by atoms with van der Waals surface area (Å²) in [6, 6.07) is 7.73. The van der Waals surface area contributed by atoms with Crippen molar-refractivity contribution in [3.8, 4) is 11.5 Å². The van der Waals surface area contributed by atoms with Crippen LogP contribution in [0.3, 0.4) is 0 Å². The molecule has 0 bridgehead atoms. The van der Waals surface area contributed by atoms with E-state index < -0.39 is 0 Å². The van der Waals surface area contributed by atoms with E-state index in [-0.39, 0.29) is 11.0 Å². The molecular formula is C19H19N5O3. The Morgan fingerprint density at radius 1 is 1.26 bits per heavy atom. The third kappa shape index (κ3) is 2.40. The van der Waals surface area contributed by atoms with Gasteiger partial charge < -0.3 is 13.8 Å². The molecule has 138 valence electrons. The number of imidazole rings is 1. The standard InChI is InChI=1S/C19H19N5O3/c1-19(7-8-19)18-21-16(22-27-18)14-15-17(25)23(9-10-26-2)12-5-3-4-6-13(12)24(15)11-20-14/h3-6,11H,7-10H2,1-2H3. The van der Waals surface area contributed by atoms with Gasteiger partial charge in [0.25, 0.3) is 5.56 Å². The summed E-state index contributed by atoms with van der Waals surface area (Å²) < 4.78 is 14.1. The average Bonchev–Trinajstić information content (AvgIpc) is 3.11. The molecule has 4 aromatic rings. The van der Waals surface area contributed by atoms with Crippen LogP contribution < -0.4 is 5.56 Å². The number of ether oxygens (including phenoxy) is 1. The molecule has 0 radical (unpaired) electrons. The predicted octanol–water partition coefficient (Wildman–Crippen LogP) is 2.40. The molecule has 0 unspecified atom stereocenters. The fraction of sp³-hybridized carbons (Fsp3) is 0.368. The van der Waals surface area contributed by atoms with Crippen LogP contribution in [0.15, 0.2) is 39.9 Å². The van der Waals surface area contributed by atoms with Crippen LogP contribution in [-0.2, 0) is 16.7 Å². The van der Waals surface area contributed by atoms with Gasteiger partial charge in [0.2, 0.25) is 11.7 Å². The van der Waals surface area contributed by atoms with Crippen molar-refractivity contribution in [1.82, 2.24) is 24.1 Å². The number of rotatable bonds is 5. The quantitative estimate of drug-likeness (QED) is 0.540. The monoisotopic (exact) mass is 365 g/mol. The summed E-state index contributed by atoms with van der Waals surface area (Å²) in [6.07, 6.45) is 3.71. The van der Waals surface area contributed by atoms with E-state index in [1.807, 2.05) is 24.3 Å². The van der Waals surface area contributed by atoms with E-state index in [1.165, 1.54) is 0 Å². The van der Waals surface area contributed by atoms with Crippen molar-refractivity contribution in [2.75, 3.05) is 13.7 Å². The zero-order valence-electron chi connectivity index (χ0n) is 15.2. The van der Waals surface area contributed by atoms with Gasteiger partial charge in [-0.2, -0.15) is 4.98 Å². The van der Waals surface area contributed by atoms with E-state index in [0.717, 1.165) is 23.9 Å². The highest BCUT2D eigenvalue weighted by Crippen LogP contribution is 2.47. The van der Waals surface area contributed by atoms with Crippen molar-refractivity contribution in [2.24, 2.45) is 0 Å². The first-order valence-corrected chi connectivity index (χ1v) is 8.94. The smallest absolute Gasteiger partial charge is 0.277 e. The highest BCUT2D eigenvalue weighted by atomic mass is 16.5. The summed E-state index contributed by atoms with van der Waals surface area (Å²) in [5.41, 5.74) is 2.42. The molecule has 1 aliphatic rings. The van der Waals surface area contributed by atoms with Gasteiger partial charge in [-0.05, 0) is 25.0 Å². The minimum atomic E-state index is -0.151. The van der Waals surface area contributed by atoms with Gasteiger partial charge in [0, 0.05) is 19.1 Å². The predicted molar refractivity (Wildman–Crippen MR) is 98.7 cm³/mol. The number of hydrogen-bond donors (Lipinski definition) is 0. The molecule has 1 saturated carbocycles. The van der Waals surface area contributed by atoms with E-state index in [0.29, 0.717) is 36.1 Å².